The molecule has 0 aliphatic carbocycles. The van der Waals surface area contributed by atoms with Gasteiger partial charge in [-0.3, -0.25) is 0 Å². The Morgan fingerprint density at radius 1 is 1.33 bits per heavy atom. The van der Waals surface area contributed by atoms with Crippen LogP contribution in [0.25, 0.3) is 0 Å². The fourth-order valence-electron chi connectivity index (χ4n) is 2.07. The third kappa shape index (κ3) is 3.96. The van der Waals surface area contributed by atoms with Gasteiger partial charge in [-0.2, -0.15) is 4.31 Å². The van der Waals surface area contributed by atoms with E-state index in [1.54, 1.807) is 6.92 Å². The maximum Gasteiger partial charge on any atom is 0.336 e. The summed E-state index contributed by atoms with van der Waals surface area (Å²) in [5.41, 5.74) is 0.120. The van der Waals surface area contributed by atoms with E-state index >= 15 is 0 Å². The van der Waals surface area contributed by atoms with Crippen LogP contribution in [-0.2, 0) is 10.0 Å². The Labute approximate surface area is 130 Å². The van der Waals surface area contributed by atoms with Crippen LogP contribution < -0.4 is 0 Å². The van der Waals surface area contributed by atoms with Crippen molar-refractivity contribution in [3.05, 3.63) is 28.3 Å². The first-order valence-corrected chi connectivity index (χ1v) is 8.61. The highest BCUT2D eigenvalue weighted by Gasteiger charge is 2.27. The highest BCUT2D eigenvalue weighted by atomic mass is 35.5. The molecule has 1 aromatic carbocycles. The van der Waals surface area contributed by atoms with Crippen LogP contribution in [0.3, 0.4) is 0 Å². The van der Waals surface area contributed by atoms with E-state index in [-0.39, 0.29) is 21.0 Å². The molecule has 0 aliphatic heterocycles. The van der Waals surface area contributed by atoms with Gasteiger partial charge in [-0.25, -0.2) is 13.2 Å². The standard InChI is InChI=1S/C14H20ClNO4S/c1-4-6-7-16(5-2)21(19,20)13-9-11(15)8-12(10(13)3)14(17)18/h8-9H,4-7H2,1-3H3,(H,17,18). The Hall–Kier alpha value is -1.11. The van der Waals surface area contributed by atoms with Gasteiger partial charge < -0.3 is 5.11 Å². The second kappa shape index (κ2) is 7.24. The van der Waals surface area contributed by atoms with Crippen LogP contribution in [0.1, 0.15) is 42.6 Å². The molecule has 0 spiro atoms. The van der Waals surface area contributed by atoms with Gasteiger partial charge in [-0.1, -0.05) is 31.9 Å². The largest absolute Gasteiger partial charge is 0.478 e. The number of carboxylic acids is 1. The minimum Gasteiger partial charge on any atom is -0.478 e. The SMILES string of the molecule is CCCCN(CC)S(=O)(=O)c1cc(Cl)cc(C(=O)O)c1C. The van der Waals surface area contributed by atoms with Crippen molar-refractivity contribution in [1.82, 2.24) is 4.31 Å². The van der Waals surface area contributed by atoms with Crippen LogP contribution in [0.4, 0.5) is 0 Å². The van der Waals surface area contributed by atoms with Crippen molar-refractivity contribution in [1.29, 1.82) is 0 Å². The van der Waals surface area contributed by atoms with E-state index in [0.29, 0.717) is 13.1 Å². The van der Waals surface area contributed by atoms with Gasteiger partial charge in [0.15, 0.2) is 0 Å². The van der Waals surface area contributed by atoms with Crippen molar-refractivity contribution in [3.8, 4) is 0 Å². The zero-order valence-corrected chi connectivity index (χ0v) is 14.0. The molecule has 0 saturated heterocycles. The molecular weight excluding hydrogens is 314 g/mol. The predicted molar refractivity (Wildman–Crippen MR) is 82.5 cm³/mol. The van der Waals surface area contributed by atoms with E-state index in [0.717, 1.165) is 12.8 Å². The molecular formula is C14H20ClNO4S. The zero-order chi connectivity index (χ0) is 16.2. The van der Waals surface area contributed by atoms with Crippen molar-refractivity contribution in [2.24, 2.45) is 0 Å². The van der Waals surface area contributed by atoms with E-state index in [9.17, 15) is 13.2 Å². The molecule has 1 N–H and O–H groups in total. The van der Waals surface area contributed by atoms with Crippen molar-refractivity contribution in [2.75, 3.05) is 13.1 Å². The molecule has 0 bridgehead atoms. The molecule has 118 valence electrons. The van der Waals surface area contributed by atoms with Gasteiger partial charge in [0.05, 0.1) is 10.5 Å². The fraction of sp³-hybridized carbons (Fsp3) is 0.500. The van der Waals surface area contributed by atoms with E-state index in [2.05, 4.69) is 0 Å². The Morgan fingerprint density at radius 2 is 1.95 bits per heavy atom. The number of nitrogens with zero attached hydrogens (tertiary/aromatic N) is 1. The number of aromatic carboxylic acids is 1. The smallest absolute Gasteiger partial charge is 0.336 e. The summed E-state index contributed by atoms with van der Waals surface area (Å²) in [7, 11) is -3.75. The van der Waals surface area contributed by atoms with Gasteiger partial charge in [-0.05, 0) is 31.0 Å². The summed E-state index contributed by atoms with van der Waals surface area (Å²) < 4.78 is 26.7. The zero-order valence-electron chi connectivity index (χ0n) is 12.4. The van der Waals surface area contributed by atoms with Crippen LogP contribution >= 0.6 is 11.6 Å². The van der Waals surface area contributed by atoms with Crippen molar-refractivity contribution in [2.45, 2.75) is 38.5 Å². The van der Waals surface area contributed by atoms with Crippen molar-refractivity contribution >= 4 is 27.6 Å². The summed E-state index contributed by atoms with van der Waals surface area (Å²) in [6.45, 7) is 5.96. The Kier molecular flexibility index (Phi) is 6.19. The first-order chi connectivity index (χ1) is 9.75. The highest BCUT2D eigenvalue weighted by molar-refractivity contribution is 7.89. The molecule has 0 saturated carbocycles. The molecule has 1 aromatic rings. The molecule has 0 aliphatic rings. The number of sulfonamides is 1. The van der Waals surface area contributed by atoms with Gasteiger partial charge in [-0.15, -0.1) is 0 Å². The van der Waals surface area contributed by atoms with Crippen molar-refractivity contribution < 1.29 is 18.3 Å². The first-order valence-electron chi connectivity index (χ1n) is 6.79. The van der Waals surface area contributed by atoms with Crippen molar-refractivity contribution in [3.63, 3.8) is 0 Å². The topological polar surface area (TPSA) is 74.7 Å². The first kappa shape index (κ1) is 17.9. The number of halogens is 1. The summed E-state index contributed by atoms with van der Waals surface area (Å²) in [5, 5.41) is 9.25. The second-order valence-electron chi connectivity index (χ2n) is 4.73. The van der Waals surface area contributed by atoms with Crippen LogP contribution in [0, 0.1) is 6.92 Å². The van der Waals surface area contributed by atoms with E-state index < -0.39 is 16.0 Å². The third-order valence-electron chi connectivity index (χ3n) is 3.29. The maximum atomic E-state index is 12.7. The van der Waals surface area contributed by atoms with Crippen LogP contribution in [0.15, 0.2) is 17.0 Å². The van der Waals surface area contributed by atoms with E-state index in [1.807, 2.05) is 6.92 Å². The number of benzene rings is 1. The summed E-state index contributed by atoms with van der Waals surface area (Å²) in [4.78, 5) is 11.2. The highest BCUT2D eigenvalue weighted by Crippen LogP contribution is 2.27. The lowest BCUT2D eigenvalue weighted by Gasteiger charge is -2.22. The van der Waals surface area contributed by atoms with E-state index in [1.165, 1.54) is 23.4 Å². The molecule has 0 atom stereocenters. The number of unbranched alkanes of at least 4 members (excludes halogenated alkanes) is 1. The van der Waals surface area contributed by atoms with Gasteiger partial charge in [0, 0.05) is 18.1 Å². The van der Waals surface area contributed by atoms with Crippen LogP contribution in [-0.4, -0.2) is 36.9 Å². The predicted octanol–water partition coefficient (Wildman–Crippen LogP) is 3.16. The fourth-order valence-corrected chi connectivity index (χ4v) is 4.11. The number of hydrogen-bond donors (Lipinski definition) is 1. The average molecular weight is 334 g/mol. The lowest BCUT2D eigenvalue weighted by Crippen LogP contribution is -2.32. The second-order valence-corrected chi connectivity index (χ2v) is 7.07. The molecule has 5 nitrogen and oxygen atoms in total. The van der Waals surface area contributed by atoms with Gasteiger partial charge in [0.25, 0.3) is 0 Å². The Bertz CT molecular complexity index is 628. The van der Waals surface area contributed by atoms with Crippen LogP contribution in [0.5, 0.6) is 0 Å². The molecule has 0 fully saturated rings. The molecule has 1 rings (SSSR count). The molecule has 0 unspecified atom stereocenters. The summed E-state index contributed by atoms with van der Waals surface area (Å²) in [5.74, 6) is -1.19. The average Bonchev–Trinajstić information content (AvgIpc) is 2.41. The lowest BCUT2D eigenvalue weighted by molar-refractivity contribution is 0.0696. The van der Waals surface area contributed by atoms with Gasteiger partial charge in [0.2, 0.25) is 10.0 Å². The Balaban J connectivity index is 3.40. The molecule has 0 aromatic heterocycles. The molecule has 21 heavy (non-hydrogen) atoms. The normalized spacial score (nSPS) is 11.9. The maximum absolute atomic E-state index is 12.7. The monoisotopic (exact) mass is 333 g/mol. The minimum atomic E-state index is -3.75. The van der Waals surface area contributed by atoms with Gasteiger partial charge in [0.1, 0.15) is 0 Å². The summed E-state index contributed by atoms with van der Waals surface area (Å²) in [6, 6.07) is 2.58. The number of carboxylic acid groups (broad SMARTS) is 1. The summed E-state index contributed by atoms with van der Waals surface area (Å²) >= 11 is 5.88. The molecule has 0 radical (unpaired) electrons. The molecule has 7 heteroatoms. The number of hydrogen-bond acceptors (Lipinski definition) is 3. The summed E-state index contributed by atoms with van der Waals surface area (Å²) in [6.07, 6.45) is 1.62. The Morgan fingerprint density at radius 3 is 2.43 bits per heavy atom. The van der Waals surface area contributed by atoms with Crippen LogP contribution in [0.2, 0.25) is 5.02 Å². The molecule has 0 heterocycles. The molecule has 0 amide bonds. The quantitative estimate of drug-likeness (QED) is 0.831. The van der Waals surface area contributed by atoms with E-state index in [4.69, 9.17) is 16.7 Å². The number of carbonyl (C=O) groups is 1. The third-order valence-corrected chi connectivity index (χ3v) is 5.61. The lowest BCUT2D eigenvalue weighted by atomic mass is 10.1. The minimum absolute atomic E-state index is 0.0367. The number of rotatable bonds is 7. The van der Waals surface area contributed by atoms with Gasteiger partial charge >= 0.3 is 5.97 Å².